The van der Waals surface area contributed by atoms with Gasteiger partial charge in [0.15, 0.2) is 0 Å². The zero-order valence-electron chi connectivity index (χ0n) is 12.2. The third-order valence-corrected chi connectivity index (χ3v) is 4.17. The van der Waals surface area contributed by atoms with E-state index in [1.165, 1.54) is 6.07 Å². The Morgan fingerprint density at radius 3 is 2.95 bits per heavy atom. The van der Waals surface area contributed by atoms with Crippen LogP contribution in [-0.2, 0) is 4.74 Å². The lowest BCUT2D eigenvalue weighted by Crippen LogP contribution is -2.33. The first-order valence-electron chi connectivity index (χ1n) is 7.35. The summed E-state index contributed by atoms with van der Waals surface area (Å²) in [6.07, 6.45) is 2.02. The monoisotopic (exact) mass is 343 g/mol. The van der Waals surface area contributed by atoms with Gasteiger partial charge in [0.2, 0.25) is 0 Å². The fourth-order valence-electron chi connectivity index (χ4n) is 2.69. The van der Waals surface area contributed by atoms with Crippen molar-refractivity contribution in [2.24, 2.45) is 11.8 Å². The minimum absolute atomic E-state index is 0.128. The van der Waals surface area contributed by atoms with Gasteiger partial charge in [-0.2, -0.15) is 0 Å². The van der Waals surface area contributed by atoms with Crippen LogP contribution in [0.4, 0.5) is 4.39 Å². The van der Waals surface area contributed by atoms with Gasteiger partial charge in [0.25, 0.3) is 0 Å². The van der Waals surface area contributed by atoms with E-state index in [0.717, 1.165) is 37.0 Å². The molecule has 0 saturated carbocycles. The quantitative estimate of drug-likeness (QED) is 0.860. The fourth-order valence-corrected chi connectivity index (χ4v) is 3.02. The molecule has 1 heterocycles. The number of hydrogen-bond acceptors (Lipinski definition) is 2. The first-order valence-corrected chi connectivity index (χ1v) is 8.14. The Morgan fingerprint density at radius 2 is 2.25 bits per heavy atom. The third-order valence-electron chi connectivity index (χ3n) is 3.67. The van der Waals surface area contributed by atoms with Crippen LogP contribution in [0.1, 0.15) is 38.4 Å². The summed E-state index contributed by atoms with van der Waals surface area (Å²) in [5.41, 5.74) is 0.684. The van der Waals surface area contributed by atoms with Crippen LogP contribution in [0.25, 0.3) is 0 Å². The zero-order valence-corrected chi connectivity index (χ0v) is 13.7. The molecule has 4 heteroatoms. The minimum atomic E-state index is -0.180. The molecule has 1 aromatic rings. The largest absolute Gasteiger partial charge is 0.373 e. The molecule has 0 aromatic heterocycles. The lowest BCUT2D eigenvalue weighted by Gasteiger charge is -2.32. The summed E-state index contributed by atoms with van der Waals surface area (Å²) in [6, 6.07) is 5.24. The Morgan fingerprint density at radius 1 is 1.45 bits per heavy atom. The second-order valence-corrected chi connectivity index (χ2v) is 6.83. The molecule has 0 amide bonds. The van der Waals surface area contributed by atoms with Crippen molar-refractivity contribution in [1.29, 1.82) is 0 Å². The predicted molar refractivity (Wildman–Crippen MR) is 83.2 cm³/mol. The molecule has 1 aliphatic heterocycles. The van der Waals surface area contributed by atoms with Crippen LogP contribution in [0.15, 0.2) is 22.7 Å². The molecule has 0 aliphatic carbocycles. The predicted octanol–water partition coefficient (Wildman–Crippen LogP) is 4.30. The van der Waals surface area contributed by atoms with Gasteiger partial charge >= 0.3 is 0 Å². The van der Waals surface area contributed by atoms with Crippen LogP contribution in [0, 0.1) is 17.7 Å². The topological polar surface area (TPSA) is 21.3 Å². The zero-order chi connectivity index (χ0) is 14.5. The normalized spacial score (nSPS) is 23.2. The van der Waals surface area contributed by atoms with Gasteiger partial charge in [0, 0.05) is 29.1 Å². The number of hydrogen-bond donors (Lipinski definition) is 1. The Hall–Kier alpha value is -0.450. The van der Waals surface area contributed by atoms with E-state index in [2.05, 4.69) is 35.1 Å². The molecule has 2 nitrogen and oxygen atoms in total. The summed E-state index contributed by atoms with van der Waals surface area (Å²) in [7, 11) is 0. The van der Waals surface area contributed by atoms with E-state index >= 15 is 0 Å². The van der Waals surface area contributed by atoms with Crippen molar-refractivity contribution < 1.29 is 9.13 Å². The molecule has 0 radical (unpaired) electrons. The first kappa shape index (κ1) is 15.9. The smallest absolute Gasteiger partial charge is 0.130 e. The number of nitrogens with one attached hydrogen (secondary N) is 1. The first-order chi connectivity index (χ1) is 9.58. The molecule has 1 fully saturated rings. The van der Waals surface area contributed by atoms with Crippen LogP contribution in [0.5, 0.6) is 0 Å². The molecule has 1 aliphatic rings. The Labute approximate surface area is 129 Å². The summed E-state index contributed by atoms with van der Waals surface area (Å²) in [5, 5.41) is 3.47. The molecule has 2 unspecified atom stereocenters. The van der Waals surface area contributed by atoms with E-state index in [4.69, 9.17) is 4.74 Å². The maximum Gasteiger partial charge on any atom is 0.130 e. The van der Waals surface area contributed by atoms with Crippen molar-refractivity contribution in [3.63, 3.8) is 0 Å². The molecule has 2 atom stereocenters. The van der Waals surface area contributed by atoms with E-state index < -0.39 is 0 Å². The lowest BCUT2D eigenvalue weighted by atomic mass is 9.89. The summed E-state index contributed by atoms with van der Waals surface area (Å²) in [5.74, 6) is 0.792. The molecule has 0 bridgehead atoms. The molecule has 1 aromatic carbocycles. The summed E-state index contributed by atoms with van der Waals surface area (Å²) < 4.78 is 20.8. The minimum Gasteiger partial charge on any atom is -0.373 e. The Balaban J connectivity index is 2.06. The molecule has 1 saturated heterocycles. The van der Waals surface area contributed by atoms with Gasteiger partial charge in [-0.1, -0.05) is 35.8 Å². The summed E-state index contributed by atoms with van der Waals surface area (Å²) >= 11 is 3.30. The highest BCUT2D eigenvalue weighted by Crippen LogP contribution is 2.35. The van der Waals surface area contributed by atoms with Crippen molar-refractivity contribution >= 4 is 15.9 Å². The van der Waals surface area contributed by atoms with Gasteiger partial charge in [-0.05, 0) is 37.4 Å². The Bertz CT molecular complexity index is 438. The highest BCUT2D eigenvalue weighted by molar-refractivity contribution is 9.10. The van der Waals surface area contributed by atoms with E-state index in [9.17, 15) is 4.39 Å². The standard InChI is InChI=1S/C16H23BrFNO/c1-11(2)9-19-10-12-4-3-7-20-16(12)14-6-5-13(17)8-15(14)18/h5-6,8,11-12,16,19H,3-4,7,9-10H2,1-2H3. The van der Waals surface area contributed by atoms with E-state index in [-0.39, 0.29) is 11.9 Å². The molecule has 0 spiro atoms. The highest BCUT2D eigenvalue weighted by atomic mass is 79.9. The van der Waals surface area contributed by atoms with Gasteiger partial charge in [0.1, 0.15) is 5.82 Å². The van der Waals surface area contributed by atoms with Gasteiger partial charge in [-0.3, -0.25) is 0 Å². The van der Waals surface area contributed by atoms with Gasteiger partial charge in [-0.15, -0.1) is 0 Å². The maximum atomic E-state index is 14.1. The molecular weight excluding hydrogens is 321 g/mol. The number of rotatable bonds is 5. The van der Waals surface area contributed by atoms with Crippen LogP contribution >= 0.6 is 15.9 Å². The summed E-state index contributed by atoms with van der Waals surface area (Å²) in [6.45, 7) is 6.98. The van der Waals surface area contributed by atoms with Crippen molar-refractivity contribution in [1.82, 2.24) is 5.32 Å². The van der Waals surface area contributed by atoms with Crippen LogP contribution in [-0.4, -0.2) is 19.7 Å². The van der Waals surface area contributed by atoms with E-state index in [1.807, 2.05) is 12.1 Å². The SMILES string of the molecule is CC(C)CNCC1CCCOC1c1ccc(Br)cc1F. The molecule has 2 rings (SSSR count). The van der Waals surface area contributed by atoms with E-state index in [1.54, 1.807) is 0 Å². The van der Waals surface area contributed by atoms with Crippen LogP contribution in [0.3, 0.4) is 0 Å². The number of ether oxygens (including phenoxy) is 1. The average Bonchev–Trinajstić information content (AvgIpc) is 2.39. The van der Waals surface area contributed by atoms with Crippen LogP contribution in [0.2, 0.25) is 0 Å². The van der Waals surface area contributed by atoms with Crippen LogP contribution < -0.4 is 5.32 Å². The molecule has 112 valence electrons. The average molecular weight is 344 g/mol. The second kappa shape index (κ2) is 7.53. The molecule has 20 heavy (non-hydrogen) atoms. The summed E-state index contributed by atoms with van der Waals surface area (Å²) in [4.78, 5) is 0. The third kappa shape index (κ3) is 4.27. The number of halogens is 2. The van der Waals surface area contributed by atoms with Crippen molar-refractivity contribution in [2.45, 2.75) is 32.8 Å². The number of benzene rings is 1. The van der Waals surface area contributed by atoms with Gasteiger partial charge in [-0.25, -0.2) is 4.39 Å². The fraction of sp³-hybridized carbons (Fsp3) is 0.625. The lowest BCUT2D eigenvalue weighted by molar-refractivity contribution is -0.0297. The van der Waals surface area contributed by atoms with Gasteiger partial charge in [0.05, 0.1) is 6.10 Å². The second-order valence-electron chi connectivity index (χ2n) is 5.91. The highest BCUT2D eigenvalue weighted by Gasteiger charge is 2.29. The van der Waals surface area contributed by atoms with Crippen molar-refractivity contribution in [3.05, 3.63) is 34.1 Å². The van der Waals surface area contributed by atoms with Crippen molar-refractivity contribution in [2.75, 3.05) is 19.7 Å². The molecular formula is C16H23BrFNO. The maximum absolute atomic E-state index is 14.1. The van der Waals surface area contributed by atoms with E-state index in [0.29, 0.717) is 17.4 Å². The van der Waals surface area contributed by atoms with Crippen molar-refractivity contribution in [3.8, 4) is 0 Å². The van der Waals surface area contributed by atoms with Gasteiger partial charge < -0.3 is 10.1 Å². The molecule has 1 N–H and O–H groups in total. The Kier molecular flexibility index (Phi) is 6.00.